The molecule has 2 saturated heterocycles. The molecule has 1 unspecified atom stereocenters. The van der Waals surface area contributed by atoms with E-state index >= 15 is 0 Å². The van der Waals surface area contributed by atoms with Crippen LogP contribution in [-0.2, 0) is 9.47 Å². The average Bonchev–Trinajstić information content (AvgIpc) is 3.01. The van der Waals surface area contributed by atoms with Crippen LogP contribution in [0.25, 0.3) is 11.3 Å². The predicted octanol–water partition coefficient (Wildman–Crippen LogP) is 3.93. The van der Waals surface area contributed by atoms with Gasteiger partial charge in [0.05, 0.1) is 24.3 Å². The van der Waals surface area contributed by atoms with Gasteiger partial charge in [0.1, 0.15) is 45.9 Å². The molecule has 2 aromatic rings. The molecule has 0 radical (unpaired) electrons. The summed E-state index contributed by atoms with van der Waals surface area (Å²) in [6, 6.07) is 3.46. The topological polar surface area (TPSA) is 105 Å². The maximum atomic E-state index is 15.0. The van der Waals surface area contributed by atoms with Crippen molar-refractivity contribution in [1.29, 1.82) is 0 Å². The summed E-state index contributed by atoms with van der Waals surface area (Å²) in [5.41, 5.74) is -0.690. The molecule has 39 heavy (non-hydrogen) atoms. The maximum absolute atomic E-state index is 15.0. The van der Waals surface area contributed by atoms with Crippen LogP contribution in [0, 0.1) is 5.82 Å². The van der Waals surface area contributed by atoms with Crippen molar-refractivity contribution in [3.8, 4) is 22.8 Å². The number of benzene rings is 1. The number of aromatic nitrogens is 1. The zero-order valence-electron chi connectivity index (χ0n) is 22.4. The van der Waals surface area contributed by atoms with Gasteiger partial charge in [-0.2, -0.15) is 0 Å². The van der Waals surface area contributed by atoms with E-state index < -0.39 is 23.6 Å². The second-order valence-electron chi connectivity index (χ2n) is 11.0. The molecular formula is C27H32ClFN4O6. The van der Waals surface area contributed by atoms with Crippen molar-refractivity contribution >= 4 is 29.4 Å². The number of pyridine rings is 1. The van der Waals surface area contributed by atoms with Gasteiger partial charge in [-0.1, -0.05) is 17.7 Å². The normalized spacial score (nSPS) is 21.6. The van der Waals surface area contributed by atoms with Gasteiger partial charge < -0.3 is 34.0 Å². The molecule has 12 heteroatoms. The minimum atomic E-state index is -0.712. The summed E-state index contributed by atoms with van der Waals surface area (Å²) in [6.07, 6.45) is -0.597. The first kappa shape index (κ1) is 27.3. The molecule has 4 heterocycles. The number of halogens is 2. The fraction of sp³-hybridized carbons (Fsp3) is 0.519. The fourth-order valence-corrected chi connectivity index (χ4v) is 5.38. The summed E-state index contributed by atoms with van der Waals surface area (Å²) in [6.45, 7) is 9.40. The standard InChI is InChI=1S/C27H32ClFN4O6/c1-15-12-31(10-11-37-15)24-20-23(21(28)22(30-24)19-17(29)6-5-7-18(19)34)38-14-16-13-32(8-9-33(16)25(20)35)26(36)39-27(2,3)4/h5-7,15-16,34H,8-14H2,1-4H3/t15-,16?/m0/s1. The minimum Gasteiger partial charge on any atom is -0.507 e. The van der Waals surface area contributed by atoms with Gasteiger partial charge in [0.25, 0.3) is 5.91 Å². The number of carbonyl (C=O) groups is 2. The third kappa shape index (κ3) is 5.29. The SMILES string of the molecule is C[C@H]1CN(c2nc(-c3c(O)cccc3F)c(Cl)c3c2C(=O)N2CCN(C(=O)OC(C)(C)C)CC2CO3)CCO1. The van der Waals surface area contributed by atoms with E-state index in [2.05, 4.69) is 4.98 Å². The number of fused-ring (bicyclic) bond motifs is 2. The Morgan fingerprint density at radius 1 is 1.21 bits per heavy atom. The number of nitrogens with zero attached hydrogens (tertiary/aromatic N) is 4. The Morgan fingerprint density at radius 2 is 1.97 bits per heavy atom. The minimum absolute atomic E-state index is 0.0248. The number of aromatic hydroxyl groups is 1. The molecule has 3 aliphatic heterocycles. The van der Waals surface area contributed by atoms with Gasteiger partial charge in [-0.15, -0.1) is 0 Å². The molecule has 0 bridgehead atoms. The number of phenolic OH excluding ortho intramolecular Hbond substituents is 1. The lowest BCUT2D eigenvalue weighted by Gasteiger charge is -2.40. The van der Waals surface area contributed by atoms with Crippen LogP contribution in [0.4, 0.5) is 15.0 Å². The number of anilines is 1. The van der Waals surface area contributed by atoms with Gasteiger partial charge >= 0.3 is 6.09 Å². The van der Waals surface area contributed by atoms with E-state index in [0.717, 1.165) is 0 Å². The number of carbonyl (C=O) groups excluding carboxylic acids is 2. The lowest BCUT2D eigenvalue weighted by atomic mass is 10.0. The van der Waals surface area contributed by atoms with Crippen LogP contribution in [0.15, 0.2) is 18.2 Å². The Labute approximate surface area is 231 Å². The van der Waals surface area contributed by atoms with Crippen molar-refractivity contribution < 1.29 is 33.3 Å². The van der Waals surface area contributed by atoms with Crippen LogP contribution >= 0.6 is 11.6 Å². The first-order chi connectivity index (χ1) is 18.4. The first-order valence-electron chi connectivity index (χ1n) is 12.9. The van der Waals surface area contributed by atoms with E-state index in [1.165, 1.54) is 18.2 Å². The van der Waals surface area contributed by atoms with Gasteiger partial charge in [0.2, 0.25) is 0 Å². The Kier molecular flexibility index (Phi) is 7.23. The molecule has 0 aliphatic carbocycles. The van der Waals surface area contributed by atoms with Crippen LogP contribution in [0.5, 0.6) is 11.5 Å². The van der Waals surface area contributed by atoms with Crippen molar-refractivity contribution in [2.45, 2.75) is 45.4 Å². The number of hydrogen-bond acceptors (Lipinski definition) is 8. The van der Waals surface area contributed by atoms with Crippen molar-refractivity contribution in [2.24, 2.45) is 0 Å². The van der Waals surface area contributed by atoms with Crippen LogP contribution in [0.3, 0.4) is 0 Å². The molecule has 5 rings (SSSR count). The number of rotatable bonds is 2. The van der Waals surface area contributed by atoms with E-state index in [1.54, 1.807) is 30.6 Å². The number of phenols is 1. The third-order valence-corrected chi connectivity index (χ3v) is 7.22. The number of amides is 2. The quantitative estimate of drug-likeness (QED) is 0.587. The summed E-state index contributed by atoms with van der Waals surface area (Å²) in [5.74, 6) is -1.04. The van der Waals surface area contributed by atoms with Gasteiger partial charge in [0, 0.05) is 32.7 Å². The highest BCUT2D eigenvalue weighted by Gasteiger charge is 2.42. The van der Waals surface area contributed by atoms with E-state index in [-0.39, 0.29) is 70.9 Å². The van der Waals surface area contributed by atoms with Gasteiger partial charge in [0.15, 0.2) is 5.75 Å². The third-order valence-electron chi connectivity index (χ3n) is 6.87. The van der Waals surface area contributed by atoms with Crippen molar-refractivity contribution in [3.63, 3.8) is 0 Å². The van der Waals surface area contributed by atoms with Crippen molar-refractivity contribution in [1.82, 2.24) is 14.8 Å². The Morgan fingerprint density at radius 3 is 2.67 bits per heavy atom. The van der Waals surface area contributed by atoms with Gasteiger partial charge in [-0.05, 0) is 39.8 Å². The zero-order valence-corrected chi connectivity index (χ0v) is 23.1. The van der Waals surface area contributed by atoms with Crippen LogP contribution in [-0.4, -0.2) is 95.6 Å². The Bertz CT molecular complexity index is 1280. The lowest BCUT2D eigenvalue weighted by molar-refractivity contribution is 0.000951. The summed E-state index contributed by atoms with van der Waals surface area (Å²) in [4.78, 5) is 36.6. The van der Waals surface area contributed by atoms with Gasteiger partial charge in [-0.25, -0.2) is 14.2 Å². The van der Waals surface area contributed by atoms with E-state index in [0.29, 0.717) is 26.2 Å². The van der Waals surface area contributed by atoms with Crippen LogP contribution < -0.4 is 9.64 Å². The summed E-state index contributed by atoms with van der Waals surface area (Å²) < 4.78 is 32.3. The molecule has 0 saturated carbocycles. The summed E-state index contributed by atoms with van der Waals surface area (Å²) in [7, 11) is 0. The lowest BCUT2D eigenvalue weighted by Crippen LogP contribution is -2.58. The van der Waals surface area contributed by atoms with E-state index in [4.69, 9.17) is 25.8 Å². The summed E-state index contributed by atoms with van der Waals surface area (Å²) in [5, 5.41) is 10.4. The molecule has 210 valence electrons. The molecule has 2 fully saturated rings. The molecule has 0 spiro atoms. The van der Waals surface area contributed by atoms with Crippen molar-refractivity contribution in [3.05, 3.63) is 34.6 Å². The molecule has 1 aromatic carbocycles. The number of morpholine rings is 1. The highest BCUT2D eigenvalue weighted by molar-refractivity contribution is 6.35. The monoisotopic (exact) mass is 562 g/mol. The molecule has 1 aromatic heterocycles. The molecule has 3 aliphatic rings. The summed E-state index contributed by atoms with van der Waals surface area (Å²) >= 11 is 6.77. The molecule has 2 atom stereocenters. The number of hydrogen-bond donors (Lipinski definition) is 1. The Hall–Kier alpha value is -3.31. The molecule has 10 nitrogen and oxygen atoms in total. The molecule has 2 amide bonds. The predicted molar refractivity (Wildman–Crippen MR) is 142 cm³/mol. The average molecular weight is 563 g/mol. The van der Waals surface area contributed by atoms with Crippen molar-refractivity contribution in [2.75, 3.05) is 50.8 Å². The van der Waals surface area contributed by atoms with E-state index in [1.807, 2.05) is 11.8 Å². The fourth-order valence-electron chi connectivity index (χ4n) is 5.09. The second-order valence-corrected chi connectivity index (χ2v) is 11.3. The molecular weight excluding hydrogens is 531 g/mol. The maximum Gasteiger partial charge on any atom is 0.410 e. The number of piperazine rings is 1. The van der Waals surface area contributed by atoms with E-state index in [9.17, 15) is 19.1 Å². The van der Waals surface area contributed by atoms with Crippen LogP contribution in [0.1, 0.15) is 38.1 Å². The Balaban J connectivity index is 1.58. The smallest absolute Gasteiger partial charge is 0.410 e. The first-order valence-corrected chi connectivity index (χ1v) is 13.3. The number of ether oxygens (including phenoxy) is 3. The molecule has 1 N–H and O–H groups in total. The highest BCUT2D eigenvalue weighted by atomic mass is 35.5. The zero-order chi connectivity index (χ0) is 28.1. The van der Waals surface area contributed by atoms with Gasteiger partial charge in [-0.3, -0.25) is 4.79 Å². The second kappa shape index (κ2) is 10.3. The van der Waals surface area contributed by atoms with Crippen LogP contribution in [0.2, 0.25) is 5.02 Å². The highest BCUT2D eigenvalue weighted by Crippen LogP contribution is 2.46. The largest absolute Gasteiger partial charge is 0.507 e.